The first-order valence-electron chi connectivity index (χ1n) is 3.50. The summed E-state index contributed by atoms with van der Waals surface area (Å²) in [6.45, 7) is 1.54. The number of aromatic nitrogens is 2. The zero-order valence-electron chi connectivity index (χ0n) is 6.98. The smallest absolute Gasteiger partial charge is 0.331 e. The predicted molar refractivity (Wildman–Crippen MR) is 44.5 cm³/mol. The third-order valence-corrected chi connectivity index (χ3v) is 1.54. The van der Waals surface area contributed by atoms with Crippen LogP contribution in [0.3, 0.4) is 0 Å². The highest BCUT2D eigenvalue weighted by Crippen LogP contribution is 2.02. The highest BCUT2D eigenvalue weighted by molar-refractivity contribution is 5.90. The molecule has 0 bridgehead atoms. The third-order valence-electron chi connectivity index (χ3n) is 1.54. The average Bonchev–Trinajstić information content (AvgIpc) is 2.36. The van der Waals surface area contributed by atoms with E-state index < -0.39 is 5.97 Å². The summed E-state index contributed by atoms with van der Waals surface area (Å²) in [6, 6.07) is 0. The van der Waals surface area contributed by atoms with Crippen LogP contribution in [0.15, 0.2) is 18.0 Å². The first-order valence-corrected chi connectivity index (χ1v) is 3.50. The van der Waals surface area contributed by atoms with Gasteiger partial charge in [-0.2, -0.15) is 0 Å². The highest BCUT2D eigenvalue weighted by Gasteiger charge is 2.01. The van der Waals surface area contributed by atoms with Crippen molar-refractivity contribution < 1.29 is 9.90 Å². The van der Waals surface area contributed by atoms with E-state index >= 15 is 0 Å². The zero-order chi connectivity index (χ0) is 9.14. The topological polar surface area (TPSA) is 55.1 Å². The maximum atomic E-state index is 10.4. The van der Waals surface area contributed by atoms with Gasteiger partial charge in [-0.25, -0.2) is 9.78 Å². The molecule has 0 aliphatic carbocycles. The van der Waals surface area contributed by atoms with Crippen LogP contribution in [0.1, 0.15) is 12.7 Å². The van der Waals surface area contributed by atoms with Crippen LogP contribution in [0.2, 0.25) is 0 Å². The van der Waals surface area contributed by atoms with Gasteiger partial charge >= 0.3 is 5.97 Å². The van der Waals surface area contributed by atoms with Crippen molar-refractivity contribution in [3.05, 3.63) is 23.8 Å². The van der Waals surface area contributed by atoms with Crippen LogP contribution >= 0.6 is 0 Å². The summed E-state index contributed by atoms with van der Waals surface area (Å²) in [6.07, 6.45) is 4.92. The molecule has 1 N–H and O–H groups in total. The minimum atomic E-state index is -0.919. The van der Waals surface area contributed by atoms with E-state index in [1.165, 1.54) is 13.0 Å². The average molecular weight is 166 g/mol. The van der Waals surface area contributed by atoms with E-state index in [2.05, 4.69) is 4.98 Å². The van der Waals surface area contributed by atoms with Crippen molar-refractivity contribution >= 4 is 12.0 Å². The van der Waals surface area contributed by atoms with E-state index in [0.29, 0.717) is 5.82 Å². The largest absolute Gasteiger partial charge is 0.478 e. The van der Waals surface area contributed by atoms with Crippen molar-refractivity contribution in [3.8, 4) is 0 Å². The van der Waals surface area contributed by atoms with Gasteiger partial charge in [0.15, 0.2) is 0 Å². The van der Waals surface area contributed by atoms with Crippen LogP contribution in [0.5, 0.6) is 0 Å². The number of aliphatic carboxylic acids is 1. The van der Waals surface area contributed by atoms with Crippen LogP contribution in [0.4, 0.5) is 0 Å². The molecular formula is C8H10N2O2. The Balaban J connectivity index is 2.95. The fourth-order valence-electron chi connectivity index (χ4n) is 0.772. The molecule has 0 saturated carbocycles. The number of aryl methyl sites for hydroxylation is 1. The Kier molecular flexibility index (Phi) is 2.28. The normalized spacial score (nSPS) is 11.7. The lowest BCUT2D eigenvalue weighted by atomic mass is 10.3. The standard InChI is InChI=1S/C8H10N2O2/c1-6(8(11)12)5-7-9-3-4-10(7)2/h3-5H,1-2H3,(H,11,12). The number of rotatable bonds is 2. The van der Waals surface area contributed by atoms with Gasteiger partial charge in [-0.3, -0.25) is 0 Å². The Labute approximate surface area is 70.2 Å². The maximum absolute atomic E-state index is 10.4. The van der Waals surface area contributed by atoms with E-state index in [1.807, 2.05) is 7.05 Å². The Morgan fingerprint density at radius 2 is 2.42 bits per heavy atom. The molecule has 0 aromatic carbocycles. The van der Waals surface area contributed by atoms with Crippen LogP contribution in [0.25, 0.3) is 6.08 Å². The first-order chi connectivity index (χ1) is 5.61. The molecule has 0 atom stereocenters. The zero-order valence-corrected chi connectivity index (χ0v) is 6.98. The van der Waals surface area contributed by atoms with Gasteiger partial charge in [-0.1, -0.05) is 0 Å². The monoisotopic (exact) mass is 166 g/mol. The second-order valence-corrected chi connectivity index (χ2v) is 2.53. The molecule has 4 heteroatoms. The summed E-state index contributed by atoms with van der Waals surface area (Å²) in [4.78, 5) is 14.4. The Morgan fingerprint density at radius 3 is 2.83 bits per heavy atom. The molecule has 1 rings (SSSR count). The number of carboxylic acid groups (broad SMARTS) is 1. The molecule has 12 heavy (non-hydrogen) atoms. The molecule has 0 unspecified atom stereocenters. The molecule has 1 aromatic heterocycles. The molecule has 0 radical (unpaired) electrons. The minimum Gasteiger partial charge on any atom is -0.478 e. The van der Waals surface area contributed by atoms with E-state index in [4.69, 9.17) is 5.11 Å². The van der Waals surface area contributed by atoms with Gasteiger partial charge in [-0.05, 0) is 13.0 Å². The van der Waals surface area contributed by atoms with Crippen molar-refractivity contribution in [2.45, 2.75) is 6.92 Å². The number of nitrogens with zero attached hydrogens (tertiary/aromatic N) is 2. The summed E-state index contributed by atoms with van der Waals surface area (Å²) in [5.41, 5.74) is 0.282. The molecular weight excluding hydrogens is 156 g/mol. The second-order valence-electron chi connectivity index (χ2n) is 2.53. The minimum absolute atomic E-state index is 0.282. The molecule has 0 saturated heterocycles. The fraction of sp³-hybridized carbons (Fsp3) is 0.250. The fourth-order valence-corrected chi connectivity index (χ4v) is 0.772. The summed E-state index contributed by atoms with van der Waals surface area (Å²) < 4.78 is 1.76. The van der Waals surface area contributed by atoms with Gasteiger partial charge in [0, 0.05) is 25.0 Å². The molecule has 4 nitrogen and oxygen atoms in total. The molecule has 0 spiro atoms. The van der Waals surface area contributed by atoms with Crippen molar-refractivity contribution in [1.82, 2.24) is 9.55 Å². The summed E-state index contributed by atoms with van der Waals surface area (Å²) >= 11 is 0. The molecule has 1 heterocycles. The van der Waals surface area contributed by atoms with Crippen LogP contribution < -0.4 is 0 Å². The van der Waals surface area contributed by atoms with Crippen molar-refractivity contribution in [2.75, 3.05) is 0 Å². The molecule has 0 fully saturated rings. The van der Waals surface area contributed by atoms with Gasteiger partial charge in [0.2, 0.25) is 0 Å². The summed E-state index contributed by atoms with van der Waals surface area (Å²) in [5.74, 6) is -0.270. The highest BCUT2D eigenvalue weighted by atomic mass is 16.4. The van der Waals surface area contributed by atoms with E-state index in [0.717, 1.165) is 0 Å². The Hall–Kier alpha value is -1.58. The predicted octanol–water partition coefficient (Wildman–Crippen LogP) is 0.908. The lowest BCUT2D eigenvalue weighted by molar-refractivity contribution is -0.132. The van der Waals surface area contributed by atoms with Gasteiger partial charge in [0.05, 0.1) is 0 Å². The lowest BCUT2D eigenvalue weighted by Gasteiger charge is -1.95. The number of carboxylic acids is 1. The van der Waals surface area contributed by atoms with E-state index in [9.17, 15) is 4.79 Å². The molecule has 64 valence electrons. The van der Waals surface area contributed by atoms with Crippen molar-refractivity contribution in [3.63, 3.8) is 0 Å². The third kappa shape index (κ3) is 1.72. The van der Waals surface area contributed by atoms with Crippen molar-refractivity contribution in [1.29, 1.82) is 0 Å². The Bertz CT molecular complexity index is 326. The lowest BCUT2D eigenvalue weighted by Crippen LogP contribution is -1.98. The number of imidazole rings is 1. The SMILES string of the molecule is CC(=Cc1nccn1C)C(=O)O. The van der Waals surface area contributed by atoms with Gasteiger partial charge in [0.1, 0.15) is 5.82 Å². The maximum Gasteiger partial charge on any atom is 0.331 e. The quantitative estimate of drug-likeness (QED) is 0.664. The molecule has 0 aliphatic rings. The Morgan fingerprint density at radius 1 is 1.75 bits per heavy atom. The van der Waals surface area contributed by atoms with Gasteiger partial charge in [0.25, 0.3) is 0 Å². The van der Waals surface area contributed by atoms with Crippen molar-refractivity contribution in [2.24, 2.45) is 7.05 Å². The van der Waals surface area contributed by atoms with E-state index in [1.54, 1.807) is 17.0 Å². The summed E-state index contributed by atoms with van der Waals surface area (Å²) in [5, 5.41) is 8.57. The molecule has 0 amide bonds. The van der Waals surface area contributed by atoms with Crippen LogP contribution in [0, 0.1) is 0 Å². The number of carbonyl (C=O) groups is 1. The number of hydrogen-bond donors (Lipinski definition) is 1. The van der Waals surface area contributed by atoms with Gasteiger partial charge in [-0.15, -0.1) is 0 Å². The molecule has 0 aliphatic heterocycles. The summed E-state index contributed by atoms with van der Waals surface area (Å²) in [7, 11) is 1.81. The molecule has 1 aromatic rings. The first kappa shape index (κ1) is 8.52. The van der Waals surface area contributed by atoms with Crippen LogP contribution in [-0.2, 0) is 11.8 Å². The van der Waals surface area contributed by atoms with Crippen LogP contribution in [-0.4, -0.2) is 20.6 Å². The van der Waals surface area contributed by atoms with Gasteiger partial charge < -0.3 is 9.67 Å². The van der Waals surface area contributed by atoms with E-state index in [-0.39, 0.29) is 5.57 Å². The number of hydrogen-bond acceptors (Lipinski definition) is 2. The second kappa shape index (κ2) is 3.21.